The molecule has 2 heterocycles. The minimum Gasteiger partial charge on any atom is -0.497 e. The molecule has 1 N–H and O–H groups in total. The van der Waals surface area contributed by atoms with Gasteiger partial charge in [0.05, 0.1) is 13.0 Å². The van der Waals surface area contributed by atoms with Crippen molar-refractivity contribution in [2.75, 3.05) is 26.7 Å². The van der Waals surface area contributed by atoms with Crippen LogP contribution in [-0.4, -0.2) is 59.6 Å². The molecule has 2 saturated heterocycles. The van der Waals surface area contributed by atoms with Gasteiger partial charge in [0.2, 0.25) is 5.91 Å². The number of carboxylic acids is 1. The number of nitrogens with zero attached hydrogens (tertiary/aromatic N) is 2. The number of piperidine rings is 2. The average molecular weight is 389 g/mol. The summed E-state index contributed by atoms with van der Waals surface area (Å²) >= 11 is 0. The Labute approximate surface area is 167 Å². The standard InChI is InChI=1S/C22H32N2O4/c1-15-21(22(26)27)20(18-8-11-23(12-9-18)16(2)25)10-13-24(15)14-17-4-6-19(28-3)7-5-17/h4-7,15,18,20-21H,8-14H2,1-3H3,(H,26,27). The van der Waals surface area contributed by atoms with E-state index in [2.05, 4.69) is 11.8 Å². The monoisotopic (exact) mass is 388 g/mol. The van der Waals surface area contributed by atoms with Gasteiger partial charge in [0, 0.05) is 32.6 Å². The Bertz CT molecular complexity index is 682. The van der Waals surface area contributed by atoms with Crippen LogP contribution in [0.25, 0.3) is 0 Å². The Hall–Kier alpha value is -2.08. The third-order valence-corrected chi connectivity index (χ3v) is 6.73. The third-order valence-electron chi connectivity index (χ3n) is 6.73. The van der Waals surface area contributed by atoms with Gasteiger partial charge in [0.25, 0.3) is 0 Å². The number of ether oxygens (including phenoxy) is 1. The van der Waals surface area contributed by atoms with Crippen molar-refractivity contribution in [3.63, 3.8) is 0 Å². The SMILES string of the molecule is COc1ccc(CN2CCC(C3CCN(C(C)=O)CC3)C(C(=O)O)C2C)cc1. The predicted octanol–water partition coefficient (Wildman–Crippen LogP) is 2.86. The Kier molecular flexibility index (Phi) is 6.60. The molecule has 0 radical (unpaired) electrons. The highest BCUT2D eigenvalue weighted by Gasteiger charge is 2.44. The minimum absolute atomic E-state index is 0.0100. The molecule has 1 aromatic carbocycles. The number of rotatable bonds is 5. The van der Waals surface area contributed by atoms with Gasteiger partial charge in [-0.3, -0.25) is 14.5 Å². The molecule has 154 valence electrons. The molecule has 28 heavy (non-hydrogen) atoms. The zero-order valence-electron chi connectivity index (χ0n) is 17.1. The van der Waals surface area contributed by atoms with Crippen molar-refractivity contribution in [2.45, 2.75) is 45.7 Å². The van der Waals surface area contributed by atoms with E-state index in [9.17, 15) is 14.7 Å². The smallest absolute Gasteiger partial charge is 0.308 e. The molecule has 2 fully saturated rings. The second-order valence-electron chi connectivity index (χ2n) is 8.22. The van der Waals surface area contributed by atoms with Crippen molar-refractivity contribution in [3.8, 4) is 5.75 Å². The molecule has 0 aromatic heterocycles. The summed E-state index contributed by atoms with van der Waals surface area (Å²) in [7, 11) is 1.65. The summed E-state index contributed by atoms with van der Waals surface area (Å²) in [6.45, 7) is 6.85. The van der Waals surface area contributed by atoms with Crippen LogP contribution in [0.15, 0.2) is 24.3 Å². The minimum atomic E-state index is -0.689. The molecule has 0 aliphatic carbocycles. The molecule has 1 amide bonds. The predicted molar refractivity (Wildman–Crippen MR) is 107 cm³/mol. The molecule has 3 rings (SSSR count). The molecule has 0 spiro atoms. The van der Waals surface area contributed by atoms with Gasteiger partial charge >= 0.3 is 5.97 Å². The first-order valence-electron chi connectivity index (χ1n) is 10.3. The fourth-order valence-corrected chi connectivity index (χ4v) is 5.03. The van der Waals surface area contributed by atoms with Crippen LogP contribution >= 0.6 is 0 Å². The fraction of sp³-hybridized carbons (Fsp3) is 0.636. The Balaban J connectivity index is 1.66. The quantitative estimate of drug-likeness (QED) is 0.840. The van der Waals surface area contributed by atoms with Crippen molar-refractivity contribution in [2.24, 2.45) is 17.8 Å². The maximum atomic E-state index is 12.2. The number of methoxy groups -OCH3 is 1. The van der Waals surface area contributed by atoms with Crippen LogP contribution in [0, 0.1) is 17.8 Å². The zero-order chi connectivity index (χ0) is 20.3. The summed E-state index contributed by atoms with van der Waals surface area (Å²) in [5.41, 5.74) is 1.17. The van der Waals surface area contributed by atoms with Crippen LogP contribution in [0.2, 0.25) is 0 Å². The number of carbonyl (C=O) groups is 2. The molecule has 3 atom stereocenters. The second kappa shape index (κ2) is 8.95. The first-order valence-corrected chi connectivity index (χ1v) is 10.3. The summed E-state index contributed by atoms with van der Waals surface area (Å²) in [4.78, 5) is 27.9. The highest BCUT2D eigenvalue weighted by molar-refractivity contribution is 5.73. The number of aliphatic carboxylic acids is 1. The third kappa shape index (κ3) is 4.49. The normalized spacial score (nSPS) is 26.8. The summed E-state index contributed by atoms with van der Waals surface area (Å²) in [6.07, 6.45) is 2.74. The zero-order valence-corrected chi connectivity index (χ0v) is 17.1. The van der Waals surface area contributed by atoms with Crippen molar-refractivity contribution >= 4 is 11.9 Å². The maximum absolute atomic E-state index is 12.2. The largest absolute Gasteiger partial charge is 0.497 e. The highest BCUT2D eigenvalue weighted by atomic mass is 16.5. The van der Waals surface area contributed by atoms with Crippen LogP contribution in [0.3, 0.4) is 0 Å². The van der Waals surface area contributed by atoms with E-state index in [1.807, 2.05) is 29.2 Å². The van der Waals surface area contributed by atoms with E-state index in [1.165, 1.54) is 5.56 Å². The van der Waals surface area contributed by atoms with Crippen LogP contribution < -0.4 is 4.74 Å². The number of hydrogen-bond donors (Lipinski definition) is 1. The van der Waals surface area contributed by atoms with E-state index in [0.29, 0.717) is 5.92 Å². The van der Waals surface area contributed by atoms with Crippen molar-refractivity contribution in [1.29, 1.82) is 0 Å². The summed E-state index contributed by atoms with van der Waals surface area (Å²) in [5, 5.41) is 9.99. The van der Waals surface area contributed by atoms with Crippen LogP contribution in [-0.2, 0) is 16.1 Å². The Morgan fingerprint density at radius 3 is 2.29 bits per heavy atom. The van der Waals surface area contributed by atoms with Gasteiger partial charge in [0.1, 0.15) is 5.75 Å². The number of benzene rings is 1. The first-order chi connectivity index (χ1) is 13.4. The summed E-state index contributed by atoms with van der Waals surface area (Å²) < 4.78 is 5.22. The van der Waals surface area contributed by atoms with E-state index in [0.717, 1.165) is 51.2 Å². The van der Waals surface area contributed by atoms with Gasteiger partial charge in [-0.25, -0.2) is 0 Å². The van der Waals surface area contributed by atoms with Gasteiger partial charge in [-0.15, -0.1) is 0 Å². The number of likely N-dealkylation sites (tertiary alicyclic amines) is 2. The van der Waals surface area contributed by atoms with Crippen LogP contribution in [0.4, 0.5) is 0 Å². The molecule has 6 heteroatoms. The number of carboxylic acid groups (broad SMARTS) is 1. The van der Waals surface area contributed by atoms with E-state index in [-0.39, 0.29) is 23.8 Å². The molecule has 2 aliphatic heterocycles. The average Bonchev–Trinajstić information content (AvgIpc) is 2.69. The molecule has 2 aliphatic rings. The van der Waals surface area contributed by atoms with E-state index < -0.39 is 5.97 Å². The number of carbonyl (C=O) groups excluding carboxylic acids is 1. The second-order valence-corrected chi connectivity index (χ2v) is 8.22. The molecule has 6 nitrogen and oxygen atoms in total. The molecule has 3 unspecified atom stereocenters. The maximum Gasteiger partial charge on any atom is 0.308 e. The topological polar surface area (TPSA) is 70.1 Å². The van der Waals surface area contributed by atoms with Gasteiger partial charge in [0.15, 0.2) is 0 Å². The lowest BCUT2D eigenvalue weighted by Crippen LogP contribution is -2.53. The highest BCUT2D eigenvalue weighted by Crippen LogP contribution is 2.39. The number of hydrogen-bond acceptors (Lipinski definition) is 4. The van der Waals surface area contributed by atoms with Crippen LogP contribution in [0.1, 0.15) is 38.7 Å². The fourth-order valence-electron chi connectivity index (χ4n) is 5.03. The summed E-state index contributed by atoms with van der Waals surface area (Å²) in [6, 6.07) is 7.98. The van der Waals surface area contributed by atoms with E-state index >= 15 is 0 Å². The van der Waals surface area contributed by atoms with Crippen LogP contribution in [0.5, 0.6) is 5.75 Å². The lowest BCUT2D eigenvalue weighted by atomic mass is 9.70. The van der Waals surface area contributed by atoms with Gasteiger partial charge in [-0.2, -0.15) is 0 Å². The molecule has 1 aromatic rings. The van der Waals surface area contributed by atoms with Gasteiger partial charge in [-0.05, 0) is 62.3 Å². The Morgan fingerprint density at radius 1 is 1.11 bits per heavy atom. The first kappa shape index (κ1) is 20.6. The van der Waals surface area contributed by atoms with Crippen molar-refractivity contribution in [3.05, 3.63) is 29.8 Å². The lowest BCUT2D eigenvalue weighted by molar-refractivity contribution is -0.151. The lowest BCUT2D eigenvalue weighted by Gasteiger charge is -2.46. The van der Waals surface area contributed by atoms with Gasteiger partial charge < -0.3 is 14.7 Å². The Morgan fingerprint density at radius 2 is 1.75 bits per heavy atom. The summed E-state index contributed by atoms with van der Waals surface area (Å²) in [5.74, 6) is 0.481. The van der Waals surface area contributed by atoms with Crippen molar-refractivity contribution in [1.82, 2.24) is 9.80 Å². The number of amides is 1. The van der Waals surface area contributed by atoms with Crippen molar-refractivity contribution < 1.29 is 19.4 Å². The molecule has 0 saturated carbocycles. The van der Waals surface area contributed by atoms with E-state index in [1.54, 1.807) is 14.0 Å². The van der Waals surface area contributed by atoms with E-state index in [4.69, 9.17) is 4.74 Å². The molecule has 0 bridgehead atoms. The van der Waals surface area contributed by atoms with Gasteiger partial charge in [-0.1, -0.05) is 12.1 Å². The molecular weight excluding hydrogens is 356 g/mol. The molecular formula is C22H32N2O4.